The van der Waals surface area contributed by atoms with E-state index in [0.717, 1.165) is 13.0 Å². The van der Waals surface area contributed by atoms with Crippen molar-refractivity contribution in [1.82, 2.24) is 5.32 Å². The van der Waals surface area contributed by atoms with Crippen molar-refractivity contribution < 1.29 is 13.2 Å². The van der Waals surface area contributed by atoms with Gasteiger partial charge >= 0.3 is 0 Å². The molecule has 104 valence electrons. The van der Waals surface area contributed by atoms with Crippen LogP contribution in [0.25, 0.3) is 0 Å². The summed E-state index contributed by atoms with van der Waals surface area (Å²) in [4.78, 5) is 0. The van der Waals surface area contributed by atoms with Gasteiger partial charge in [-0.2, -0.15) is 0 Å². The van der Waals surface area contributed by atoms with Crippen molar-refractivity contribution in [2.45, 2.75) is 39.7 Å². The molecule has 0 heterocycles. The lowest BCUT2D eigenvalue weighted by atomic mass is 10.1. The number of rotatable bonds is 10. The molecule has 0 aromatic heterocycles. The molecular weight excluding hydrogens is 238 g/mol. The fraction of sp³-hybridized carbons (Fsp3) is 1.00. The van der Waals surface area contributed by atoms with Gasteiger partial charge in [-0.1, -0.05) is 20.8 Å². The number of sulfone groups is 1. The molecule has 1 N–H and O–H groups in total. The van der Waals surface area contributed by atoms with E-state index < -0.39 is 9.84 Å². The van der Waals surface area contributed by atoms with Crippen molar-refractivity contribution >= 4 is 9.84 Å². The minimum Gasteiger partial charge on any atom is -0.385 e. The predicted molar refractivity (Wildman–Crippen MR) is 72.1 cm³/mol. The van der Waals surface area contributed by atoms with E-state index >= 15 is 0 Å². The maximum absolute atomic E-state index is 11.9. The van der Waals surface area contributed by atoms with Crippen LogP contribution < -0.4 is 5.32 Å². The van der Waals surface area contributed by atoms with Gasteiger partial charge in [0.15, 0.2) is 9.84 Å². The number of hydrogen-bond acceptors (Lipinski definition) is 4. The number of hydrogen-bond donors (Lipinski definition) is 1. The van der Waals surface area contributed by atoms with E-state index in [1.165, 1.54) is 0 Å². The Bertz CT molecular complexity index is 275. The molecule has 0 aromatic rings. The number of methoxy groups -OCH3 is 1. The van der Waals surface area contributed by atoms with Gasteiger partial charge in [0, 0.05) is 19.8 Å². The normalized spacial score (nSPS) is 14.2. The molecule has 0 saturated heterocycles. The first-order valence-electron chi connectivity index (χ1n) is 6.35. The first-order chi connectivity index (χ1) is 7.93. The van der Waals surface area contributed by atoms with Crippen molar-refractivity contribution in [2.24, 2.45) is 5.92 Å². The highest BCUT2D eigenvalue weighted by Gasteiger charge is 2.20. The summed E-state index contributed by atoms with van der Waals surface area (Å²) in [5, 5.41) is 3.30. The molecule has 5 heteroatoms. The van der Waals surface area contributed by atoms with Crippen molar-refractivity contribution in [1.29, 1.82) is 0 Å². The second kappa shape index (κ2) is 8.89. The summed E-state index contributed by atoms with van der Waals surface area (Å²) in [6.45, 7) is 7.57. The van der Waals surface area contributed by atoms with E-state index in [0.29, 0.717) is 18.9 Å². The maximum Gasteiger partial charge on any atom is 0.151 e. The SMILES string of the molecule is CCCNC(CS(=O)(=O)CCCOC)C(C)C. The molecule has 0 aliphatic rings. The van der Waals surface area contributed by atoms with Gasteiger partial charge in [-0.15, -0.1) is 0 Å². The molecule has 0 aromatic carbocycles. The zero-order valence-electron chi connectivity index (χ0n) is 11.5. The summed E-state index contributed by atoms with van der Waals surface area (Å²) in [5.74, 6) is 0.783. The Kier molecular flexibility index (Phi) is 8.82. The Morgan fingerprint density at radius 1 is 1.29 bits per heavy atom. The average molecular weight is 265 g/mol. The molecule has 0 fully saturated rings. The van der Waals surface area contributed by atoms with Crippen LogP contribution in [0.4, 0.5) is 0 Å². The molecule has 1 unspecified atom stereocenters. The summed E-state index contributed by atoms with van der Waals surface area (Å²) in [5.41, 5.74) is 0. The molecule has 17 heavy (non-hydrogen) atoms. The van der Waals surface area contributed by atoms with Crippen LogP contribution in [0.15, 0.2) is 0 Å². The molecule has 0 bridgehead atoms. The fourth-order valence-electron chi connectivity index (χ4n) is 1.60. The predicted octanol–water partition coefficient (Wildman–Crippen LogP) is 1.46. The summed E-state index contributed by atoms with van der Waals surface area (Å²) in [6.07, 6.45) is 1.60. The van der Waals surface area contributed by atoms with E-state index in [4.69, 9.17) is 4.74 Å². The summed E-state index contributed by atoms with van der Waals surface area (Å²) < 4.78 is 28.7. The van der Waals surface area contributed by atoms with Crippen LogP contribution in [-0.2, 0) is 14.6 Å². The van der Waals surface area contributed by atoms with Gasteiger partial charge in [0.25, 0.3) is 0 Å². The first kappa shape index (κ1) is 16.9. The second-order valence-electron chi connectivity index (χ2n) is 4.77. The third-order valence-electron chi connectivity index (χ3n) is 2.70. The number of nitrogens with one attached hydrogen (secondary N) is 1. The topological polar surface area (TPSA) is 55.4 Å². The standard InChI is InChI=1S/C12H27NO3S/c1-5-7-13-12(11(2)3)10-17(14,15)9-6-8-16-4/h11-13H,5-10H2,1-4H3. The second-order valence-corrected chi connectivity index (χ2v) is 6.99. The number of ether oxygens (including phenoxy) is 1. The van der Waals surface area contributed by atoms with E-state index in [-0.39, 0.29) is 17.5 Å². The lowest BCUT2D eigenvalue weighted by Crippen LogP contribution is -2.40. The average Bonchev–Trinajstić information content (AvgIpc) is 2.24. The molecule has 0 aliphatic heterocycles. The van der Waals surface area contributed by atoms with Gasteiger partial charge < -0.3 is 10.1 Å². The molecule has 0 rings (SSSR count). The molecular formula is C12H27NO3S. The minimum atomic E-state index is -2.97. The van der Waals surface area contributed by atoms with Crippen molar-refractivity contribution in [3.05, 3.63) is 0 Å². The molecule has 0 aliphatic carbocycles. The minimum absolute atomic E-state index is 0.0579. The lowest BCUT2D eigenvalue weighted by molar-refractivity contribution is 0.199. The van der Waals surface area contributed by atoms with Crippen LogP contribution in [0.1, 0.15) is 33.6 Å². The molecule has 1 atom stereocenters. The van der Waals surface area contributed by atoms with Crippen LogP contribution in [0.3, 0.4) is 0 Å². The van der Waals surface area contributed by atoms with Crippen molar-refractivity contribution in [3.63, 3.8) is 0 Å². The zero-order chi connectivity index (χ0) is 13.3. The first-order valence-corrected chi connectivity index (χ1v) is 8.17. The molecule has 0 amide bonds. The summed E-state index contributed by atoms with van der Waals surface area (Å²) >= 11 is 0. The Hall–Kier alpha value is -0.130. The highest BCUT2D eigenvalue weighted by atomic mass is 32.2. The van der Waals surface area contributed by atoms with E-state index in [9.17, 15) is 8.42 Å². The third kappa shape index (κ3) is 8.57. The highest BCUT2D eigenvalue weighted by Crippen LogP contribution is 2.07. The van der Waals surface area contributed by atoms with Gasteiger partial charge in [0.05, 0.1) is 11.5 Å². The Morgan fingerprint density at radius 3 is 2.41 bits per heavy atom. The van der Waals surface area contributed by atoms with Gasteiger partial charge in [0.1, 0.15) is 0 Å². The van der Waals surface area contributed by atoms with Crippen LogP contribution in [-0.4, -0.2) is 46.2 Å². The Labute approximate surface area is 106 Å². The quantitative estimate of drug-likeness (QED) is 0.608. The molecule has 0 spiro atoms. The molecule has 0 saturated carbocycles. The van der Waals surface area contributed by atoms with Gasteiger partial charge in [-0.3, -0.25) is 0 Å². The molecule has 4 nitrogen and oxygen atoms in total. The molecule has 0 radical (unpaired) electrons. The Morgan fingerprint density at radius 2 is 1.94 bits per heavy atom. The smallest absolute Gasteiger partial charge is 0.151 e. The van der Waals surface area contributed by atoms with Crippen LogP contribution >= 0.6 is 0 Å². The van der Waals surface area contributed by atoms with Gasteiger partial charge in [-0.25, -0.2) is 8.42 Å². The lowest BCUT2D eigenvalue weighted by Gasteiger charge is -2.22. The largest absolute Gasteiger partial charge is 0.385 e. The summed E-state index contributed by atoms with van der Waals surface area (Å²) in [7, 11) is -1.38. The van der Waals surface area contributed by atoms with E-state index in [1.807, 2.05) is 0 Å². The monoisotopic (exact) mass is 265 g/mol. The van der Waals surface area contributed by atoms with Crippen molar-refractivity contribution in [3.8, 4) is 0 Å². The van der Waals surface area contributed by atoms with E-state index in [2.05, 4.69) is 26.1 Å². The highest BCUT2D eigenvalue weighted by molar-refractivity contribution is 7.91. The zero-order valence-corrected chi connectivity index (χ0v) is 12.3. The Balaban J connectivity index is 4.22. The van der Waals surface area contributed by atoms with E-state index in [1.54, 1.807) is 7.11 Å². The van der Waals surface area contributed by atoms with Crippen LogP contribution in [0, 0.1) is 5.92 Å². The maximum atomic E-state index is 11.9. The van der Waals surface area contributed by atoms with Crippen LogP contribution in [0.5, 0.6) is 0 Å². The van der Waals surface area contributed by atoms with Crippen LogP contribution in [0.2, 0.25) is 0 Å². The van der Waals surface area contributed by atoms with Gasteiger partial charge in [-0.05, 0) is 25.3 Å². The fourth-order valence-corrected chi connectivity index (χ4v) is 3.37. The summed E-state index contributed by atoms with van der Waals surface area (Å²) in [6, 6.07) is 0.0579. The van der Waals surface area contributed by atoms with Crippen molar-refractivity contribution in [2.75, 3.05) is 31.8 Å². The van der Waals surface area contributed by atoms with Gasteiger partial charge in [0.2, 0.25) is 0 Å². The third-order valence-corrected chi connectivity index (χ3v) is 4.48.